The molecule has 2 aromatic heterocycles. The second-order valence-electron chi connectivity index (χ2n) is 2.80. The Bertz CT molecular complexity index is 380. The molecule has 0 spiro atoms. The molecule has 0 aromatic carbocycles. The average molecular weight is 241 g/mol. The summed E-state index contributed by atoms with van der Waals surface area (Å²) < 4.78 is 1.89. The summed E-state index contributed by atoms with van der Waals surface area (Å²) in [6.45, 7) is 0. The third-order valence-electron chi connectivity index (χ3n) is 1.87. The van der Waals surface area contributed by atoms with E-state index in [0.717, 1.165) is 5.65 Å². The van der Waals surface area contributed by atoms with Crippen molar-refractivity contribution in [1.82, 2.24) is 9.38 Å². The minimum absolute atomic E-state index is 0.511. The molecule has 1 unspecified atom stereocenters. The Balaban J connectivity index is 2.49. The fraction of sp³-hybridized carbons (Fsp3) is 0.222. The number of alkyl halides is 1. The maximum atomic E-state index is 9.51. The van der Waals surface area contributed by atoms with Crippen LogP contribution in [0.2, 0.25) is 0 Å². The van der Waals surface area contributed by atoms with Crippen LogP contribution in [0, 0.1) is 0 Å². The van der Waals surface area contributed by atoms with Crippen molar-refractivity contribution in [2.24, 2.45) is 0 Å². The van der Waals surface area contributed by atoms with Crippen LogP contribution in [0.25, 0.3) is 5.65 Å². The first-order chi connectivity index (χ1) is 6.31. The lowest BCUT2D eigenvalue weighted by atomic mass is 10.3. The van der Waals surface area contributed by atoms with E-state index in [9.17, 15) is 5.11 Å². The first kappa shape index (κ1) is 8.72. The smallest absolute Gasteiger partial charge is 0.137 e. The highest BCUT2D eigenvalue weighted by Gasteiger charge is 2.09. The van der Waals surface area contributed by atoms with Crippen LogP contribution < -0.4 is 0 Å². The Kier molecular flexibility index (Phi) is 2.33. The molecule has 2 rings (SSSR count). The molecule has 0 bridgehead atoms. The van der Waals surface area contributed by atoms with Gasteiger partial charge in [-0.1, -0.05) is 22.0 Å². The molecule has 0 aliphatic rings. The first-order valence-corrected chi connectivity index (χ1v) is 5.11. The minimum atomic E-state index is -0.528. The lowest BCUT2D eigenvalue weighted by Gasteiger charge is -1.99. The summed E-state index contributed by atoms with van der Waals surface area (Å²) in [5, 5.41) is 10.0. The Hall–Kier alpha value is -0.870. The number of halogens is 1. The Morgan fingerprint density at radius 1 is 1.54 bits per heavy atom. The van der Waals surface area contributed by atoms with Crippen molar-refractivity contribution in [2.45, 2.75) is 6.10 Å². The van der Waals surface area contributed by atoms with Crippen LogP contribution in [0.4, 0.5) is 0 Å². The number of rotatable bonds is 2. The average Bonchev–Trinajstić information content (AvgIpc) is 2.59. The fourth-order valence-corrected chi connectivity index (χ4v) is 1.53. The molecule has 0 saturated heterocycles. The molecule has 4 heteroatoms. The Labute approximate surface area is 84.2 Å². The van der Waals surface area contributed by atoms with Crippen molar-refractivity contribution in [3.05, 3.63) is 36.3 Å². The van der Waals surface area contributed by atoms with Crippen LogP contribution in [0.15, 0.2) is 30.6 Å². The number of hydrogen-bond donors (Lipinski definition) is 1. The van der Waals surface area contributed by atoms with Crippen LogP contribution in [0.1, 0.15) is 11.8 Å². The quantitative estimate of drug-likeness (QED) is 0.813. The molecule has 0 fully saturated rings. The van der Waals surface area contributed by atoms with Crippen molar-refractivity contribution in [2.75, 3.05) is 5.33 Å². The summed E-state index contributed by atoms with van der Waals surface area (Å²) in [6, 6.07) is 5.76. The molecule has 1 N–H and O–H groups in total. The van der Waals surface area contributed by atoms with E-state index < -0.39 is 6.10 Å². The van der Waals surface area contributed by atoms with Gasteiger partial charge in [-0.15, -0.1) is 0 Å². The number of aromatic nitrogens is 2. The van der Waals surface area contributed by atoms with Gasteiger partial charge >= 0.3 is 0 Å². The summed E-state index contributed by atoms with van der Waals surface area (Å²) in [5.74, 6) is 0. The van der Waals surface area contributed by atoms with Crippen molar-refractivity contribution >= 4 is 21.6 Å². The number of hydrogen-bond acceptors (Lipinski definition) is 2. The van der Waals surface area contributed by atoms with E-state index in [1.165, 1.54) is 0 Å². The third-order valence-corrected chi connectivity index (χ3v) is 2.48. The summed E-state index contributed by atoms with van der Waals surface area (Å²) in [7, 11) is 0. The highest BCUT2D eigenvalue weighted by molar-refractivity contribution is 9.09. The predicted molar refractivity (Wildman–Crippen MR) is 53.9 cm³/mol. The van der Waals surface area contributed by atoms with E-state index in [0.29, 0.717) is 11.0 Å². The maximum Gasteiger partial charge on any atom is 0.137 e. The second kappa shape index (κ2) is 3.47. The lowest BCUT2D eigenvalue weighted by Crippen LogP contribution is -1.97. The summed E-state index contributed by atoms with van der Waals surface area (Å²) >= 11 is 3.21. The Morgan fingerprint density at radius 2 is 2.38 bits per heavy atom. The molecular formula is C9H9BrN2O. The van der Waals surface area contributed by atoms with Crippen LogP contribution in [0.5, 0.6) is 0 Å². The van der Waals surface area contributed by atoms with E-state index in [2.05, 4.69) is 20.9 Å². The van der Waals surface area contributed by atoms with Crippen molar-refractivity contribution in [1.29, 1.82) is 0 Å². The molecule has 13 heavy (non-hydrogen) atoms. The second-order valence-corrected chi connectivity index (χ2v) is 3.45. The van der Waals surface area contributed by atoms with E-state index in [4.69, 9.17) is 0 Å². The molecule has 0 saturated carbocycles. The van der Waals surface area contributed by atoms with Gasteiger partial charge in [0.25, 0.3) is 0 Å². The highest BCUT2D eigenvalue weighted by atomic mass is 79.9. The monoisotopic (exact) mass is 240 g/mol. The number of fused-ring (bicyclic) bond motifs is 1. The van der Waals surface area contributed by atoms with E-state index in [-0.39, 0.29) is 0 Å². The van der Waals surface area contributed by atoms with Gasteiger partial charge in [0.1, 0.15) is 11.8 Å². The summed E-state index contributed by atoms with van der Waals surface area (Å²) in [5.41, 5.74) is 1.56. The van der Waals surface area contributed by atoms with Gasteiger partial charge in [-0.25, -0.2) is 4.98 Å². The molecule has 0 amide bonds. The van der Waals surface area contributed by atoms with Gasteiger partial charge in [-0.05, 0) is 12.1 Å². The molecule has 2 heterocycles. The molecule has 0 radical (unpaired) electrons. The molecular weight excluding hydrogens is 232 g/mol. The maximum absolute atomic E-state index is 9.51. The lowest BCUT2D eigenvalue weighted by molar-refractivity contribution is 0.201. The molecule has 1 atom stereocenters. The summed E-state index contributed by atoms with van der Waals surface area (Å²) in [4.78, 5) is 4.27. The van der Waals surface area contributed by atoms with Crippen molar-refractivity contribution in [3.8, 4) is 0 Å². The van der Waals surface area contributed by atoms with Gasteiger partial charge in [0.05, 0.1) is 5.69 Å². The molecule has 68 valence electrons. The molecule has 3 nitrogen and oxygen atoms in total. The predicted octanol–water partition coefficient (Wildman–Crippen LogP) is 1.76. The van der Waals surface area contributed by atoms with Gasteiger partial charge in [0, 0.05) is 17.7 Å². The molecule has 0 aliphatic heterocycles. The Morgan fingerprint density at radius 3 is 3.08 bits per heavy atom. The number of aliphatic hydroxyl groups is 1. The van der Waals surface area contributed by atoms with Crippen molar-refractivity contribution < 1.29 is 5.11 Å². The van der Waals surface area contributed by atoms with Gasteiger partial charge < -0.3 is 9.51 Å². The topological polar surface area (TPSA) is 37.5 Å². The number of imidazole rings is 1. The van der Waals surface area contributed by atoms with Crippen LogP contribution in [-0.2, 0) is 0 Å². The summed E-state index contributed by atoms with van der Waals surface area (Å²) in [6.07, 6.45) is 3.22. The SMILES string of the molecule is OC(CBr)c1cn2ccccc2n1. The van der Waals surface area contributed by atoms with Gasteiger partial charge in [-0.3, -0.25) is 0 Å². The first-order valence-electron chi connectivity index (χ1n) is 3.99. The molecule has 0 aliphatic carbocycles. The number of aliphatic hydroxyl groups excluding tert-OH is 1. The third kappa shape index (κ3) is 1.59. The highest BCUT2D eigenvalue weighted by Crippen LogP contribution is 2.14. The zero-order valence-corrected chi connectivity index (χ0v) is 8.48. The number of pyridine rings is 1. The van der Waals surface area contributed by atoms with E-state index in [1.807, 2.05) is 35.0 Å². The van der Waals surface area contributed by atoms with E-state index in [1.54, 1.807) is 0 Å². The van der Waals surface area contributed by atoms with Gasteiger partial charge in [-0.2, -0.15) is 0 Å². The van der Waals surface area contributed by atoms with Crippen LogP contribution in [-0.4, -0.2) is 19.8 Å². The zero-order chi connectivity index (χ0) is 9.26. The largest absolute Gasteiger partial charge is 0.386 e. The standard InChI is InChI=1S/C9H9BrN2O/c10-5-8(13)7-6-12-4-2-1-3-9(12)11-7/h1-4,6,8,13H,5H2. The normalized spacial score (nSPS) is 13.4. The zero-order valence-electron chi connectivity index (χ0n) is 6.89. The van der Waals surface area contributed by atoms with Crippen LogP contribution >= 0.6 is 15.9 Å². The minimum Gasteiger partial charge on any atom is -0.386 e. The van der Waals surface area contributed by atoms with Crippen LogP contribution in [0.3, 0.4) is 0 Å². The van der Waals surface area contributed by atoms with Gasteiger partial charge in [0.2, 0.25) is 0 Å². The number of nitrogens with zero attached hydrogens (tertiary/aromatic N) is 2. The molecule has 2 aromatic rings. The van der Waals surface area contributed by atoms with E-state index >= 15 is 0 Å². The fourth-order valence-electron chi connectivity index (χ4n) is 1.19. The van der Waals surface area contributed by atoms with Gasteiger partial charge in [0.15, 0.2) is 0 Å². The van der Waals surface area contributed by atoms with Crippen molar-refractivity contribution in [3.63, 3.8) is 0 Å².